The first-order chi connectivity index (χ1) is 17.7. The Kier molecular flexibility index (Phi) is 6.13. The number of nitrogens with zero attached hydrogens (tertiary/aromatic N) is 3. The molecule has 6 rings (SSSR count). The first kappa shape index (κ1) is 22.7. The van der Waals surface area contributed by atoms with Gasteiger partial charge in [0.1, 0.15) is 18.5 Å². The molecule has 0 bridgehead atoms. The normalized spacial score (nSPS) is 16.5. The molecule has 0 saturated carbocycles. The van der Waals surface area contributed by atoms with Gasteiger partial charge >= 0.3 is 0 Å². The number of aliphatic hydroxyl groups is 1. The number of pyridine rings is 1. The summed E-state index contributed by atoms with van der Waals surface area (Å²) in [5, 5.41) is 11.6. The van der Waals surface area contributed by atoms with Gasteiger partial charge in [-0.2, -0.15) is 0 Å². The Bertz CT molecular complexity index is 1350. The molecule has 0 spiro atoms. The van der Waals surface area contributed by atoms with E-state index < -0.39 is 6.10 Å². The van der Waals surface area contributed by atoms with Gasteiger partial charge in [0.25, 0.3) is 0 Å². The number of amides is 1. The quantitative estimate of drug-likeness (QED) is 0.454. The number of β-amino-alcohol motifs (C(OH)–C–C–N with tert-alkyl or cyclic N) is 1. The summed E-state index contributed by atoms with van der Waals surface area (Å²) in [5.74, 6) is 0.658. The minimum absolute atomic E-state index is 0.167. The van der Waals surface area contributed by atoms with Crippen LogP contribution in [0.3, 0.4) is 0 Å². The number of rotatable bonds is 6. The van der Waals surface area contributed by atoms with Crippen molar-refractivity contribution in [3.63, 3.8) is 0 Å². The molecule has 6 heteroatoms. The van der Waals surface area contributed by atoms with E-state index in [1.165, 1.54) is 0 Å². The lowest BCUT2D eigenvalue weighted by molar-refractivity contribution is -0.133. The van der Waals surface area contributed by atoms with Gasteiger partial charge in [0, 0.05) is 44.3 Å². The Labute approximate surface area is 210 Å². The third-order valence-corrected chi connectivity index (χ3v) is 7.27. The zero-order valence-electron chi connectivity index (χ0n) is 20.1. The molecule has 2 aliphatic rings. The van der Waals surface area contributed by atoms with Crippen LogP contribution < -0.4 is 4.74 Å². The standard InChI is InChI=1S/C30H29N3O3/c34-21(20-36-28-13-5-12-27-26(28)11-6-14-31-27)19-32-15-17-33(18-16-32)30(35)29-24-9-3-1-7-22(24)23-8-2-4-10-25(23)29/h1-14,21,29,34H,15-20H2. The molecule has 1 aromatic heterocycles. The number of aliphatic hydroxyl groups excluding tert-OH is 1. The number of carbonyl (C=O) groups is 1. The van der Waals surface area contributed by atoms with Crippen LogP contribution >= 0.6 is 0 Å². The van der Waals surface area contributed by atoms with E-state index in [1.807, 2.05) is 59.5 Å². The lowest BCUT2D eigenvalue weighted by Crippen LogP contribution is -2.51. The summed E-state index contributed by atoms with van der Waals surface area (Å²) < 4.78 is 5.93. The summed E-state index contributed by atoms with van der Waals surface area (Å²) in [6, 6.07) is 26.1. The van der Waals surface area contributed by atoms with Crippen LogP contribution in [0, 0.1) is 0 Å². The molecule has 182 valence electrons. The van der Waals surface area contributed by atoms with Gasteiger partial charge in [-0.15, -0.1) is 0 Å². The maximum Gasteiger partial charge on any atom is 0.234 e. The first-order valence-corrected chi connectivity index (χ1v) is 12.5. The zero-order valence-corrected chi connectivity index (χ0v) is 20.1. The van der Waals surface area contributed by atoms with E-state index in [4.69, 9.17) is 4.74 Å². The lowest BCUT2D eigenvalue weighted by atomic mass is 9.95. The van der Waals surface area contributed by atoms with Crippen molar-refractivity contribution in [2.24, 2.45) is 0 Å². The van der Waals surface area contributed by atoms with Crippen molar-refractivity contribution < 1.29 is 14.6 Å². The number of ether oxygens (including phenoxy) is 1. The van der Waals surface area contributed by atoms with Gasteiger partial charge in [-0.05, 0) is 46.5 Å². The van der Waals surface area contributed by atoms with Gasteiger partial charge in [0.05, 0.1) is 11.4 Å². The second-order valence-electron chi connectivity index (χ2n) is 9.52. The molecule has 1 atom stereocenters. The topological polar surface area (TPSA) is 65.9 Å². The average Bonchev–Trinajstić information content (AvgIpc) is 3.26. The summed E-state index contributed by atoms with van der Waals surface area (Å²) in [4.78, 5) is 22.2. The largest absolute Gasteiger partial charge is 0.490 e. The Hall–Kier alpha value is -3.74. The van der Waals surface area contributed by atoms with Gasteiger partial charge in [-0.25, -0.2) is 0 Å². The number of benzene rings is 3. The maximum absolute atomic E-state index is 13.7. The molecule has 0 radical (unpaired) electrons. The Morgan fingerprint density at radius 2 is 1.58 bits per heavy atom. The van der Waals surface area contributed by atoms with E-state index in [0.717, 1.165) is 52.0 Å². The van der Waals surface area contributed by atoms with Crippen molar-refractivity contribution in [1.29, 1.82) is 0 Å². The van der Waals surface area contributed by atoms with Crippen molar-refractivity contribution in [2.45, 2.75) is 12.0 Å². The molecule has 4 aromatic rings. The van der Waals surface area contributed by atoms with Gasteiger partial charge in [-0.3, -0.25) is 14.7 Å². The number of aromatic nitrogens is 1. The second-order valence-corrected chi connectivity index (χ2v) is 9.52. The molecule has 2 heterocycles. The molecule has 3 aromatic carbocycles. The molecule has 1 fully saturated rings. The third kappa shape index (κ3) is 4.23. The monoisotopic (exact) mass is 479 g/mol. The Balaban J connectivity index is 1.05. The van der Waals surface area contributed by atoms with Crippen LogP contribution in [0.2, 0.25) is 0 Å². The summed E-state index contributed by atoms with van der Waals surface area (Å²) >= 11 is 0. The molecular formula is C30H29N3O3. The fourth-order valence-corrected chi connectivity index (χ4v) is 5.49. The van der Waals surface area contributed by atoms with Gasteiger partial charge in [0.2, 0.25) is 5.91 Å². The van der Waals surface area contributed by atoms with Crippen molar-refractivity contribution in [2.75, 3.05) is 39.3 Å². The van der Waals surface area contributed by atoms with E-state index in [2.05, 4.69) is 34.1 Å². The molecular weight excluding hydrogens is 450 g/mol. The highest BCUT2D eigenvalue weighted by molar-refractivity contribution is 5.96. The molecule has 1 saturated heterocycles. The van der Waals surface area contributed by atoms with Crippen molar-refractivity contribution in [3.05, 3.63) is 96.2 Å². The molecule has 1 aliphatic heterocycles. The third-order valence-electron chi connectivity index (χ3n) is 7.27. The summed E-state index contributed by atoms with van der Waals surface area (Å²) in [6.07, 6.45) is 1.14. The van der Waals surface area contributed by atoms with Crippen LogP contribution in [0.1, 0.15) is 17.0 Å². The van der Waals surface area contributed by atoms with E-state index in [-0.39, 0.29) is 18.4 Å². The first-order valence-electron chi connectivity index (χ1n) is 12.5. The molecule has 36 heavy (non-hydrogen) atoms. The Morgan fingerprint density at radius 3 is 2.31 bits per heavy atom. The summed E-state index contributed by atoms with van der Waals surface area (Å²) in [7, 11) is 0. The predicted molar refractivity (Wildman–Crippen MR) is 140 cm³/mol. The minimum atomic E-state index is -0.618. The van der Waals surface area contributed by atoms with E-state index in [1.54, 1.807) is 6.20 Å². The van der Waals surface area contributed by atoms with Crippen molar-refractivity contribution in [3.8, 4) is 16.9 Å². The van der Waals surface area contributed by atoms with Crippen LogP contribution in [0.15, 0.2) is 85.1 Å². The summed E-state index contributed by atoms with van der Waals surface area (Å²) in [6.45, 7) is 3.50. The fraction of sp³-hybridized carbons (Fsp3) is 0.267. The van der Waals surface area contributed by atoms with Crippen LogP contribution in [-0.4, -0.2) is 71.2 Å². The number of carbonyl (C=O) groups excluding carboxylic acids is 1. The number of fused-ring (bicyclic) bond motifs is 4. The lowest BCUT2D eigenvalue weighted by Gasteiger charge is -2.37. The Morgan fingerprint density at radius 1 is 0.889 bits per heavy atom. The highest BCUT2D eigenvalue weighted by atomic mass is 16.5. The van der Waals surface area contributed by atoms with Gasteiger partial charge in [0.15, 0.2) is 0 Å². The SMILES string of the molecule is O=C(C1c2ccccc2-c2ccccc21)N1CCN(CC(O)COc2cccc3ncccc23)CC1. The second kappa shape index (κ2) is 9.72. The number of piperazine rings is 1. The zero-order chi connectivity index (χ0) is 24.5. The molecule has 1 unspecified atom stereocenters. The molecule has 1 amide bonds. The average molecular weight is 480 g/mol. The summed E-state index contributed by atoms with van der Waals surface area (Å²) in [5.41, 5.74) is 5.40. The molecule has 1 aliphatic carbocycles. The predicted octanol–water partition coefficient (Wildman–Crippen LogP) is 3.93. The van der Waals surface area contributed by atoms with Gasteiger partial charge in [-0.1, -0.05) is 54.6 Å². The maximum atomic E-state index is 13.7. The minimum Gasteiger partial charge on any atom is -0.490 e. The van der Waals surface area contributed by atoms with Crippen molar-refractivity contribution in [1.82, 2.24) is 14.8 Å². The number of hydrogen-bond donors (Lipinski definition) is 1. The van der Waals surface area contributed by atoms with Crippen molar-refractivity contribution >= 4 is 16.8 Å². The molecule has 1 N–H and O–H groups in total. The van der Waals surface area contributed by atoms with Crippen LogP contribution in [0.4, 0.5) is 0 Å². The van der Waals surface area contributed by atoms with Crippen LogP contribution in [0.5, 0.6) is 5.75 Å². The highest BCUT2D eigenvalue weighted by Crippen LogP contribution is 2.45. The van der Waals surface area contributed by atoms with Crippen LogP contribution in [0.25, 0.3) is 22.0 Å². The van der Waals surface area contributed by atoms with E-state index >= 15 is 0 Å². The number of hydrogen-bond acceptors (Lipinski definition) is 5. The van der Waals surface area contributed by atoms with Gasteiger partial charge < -0.3 is 14.7 Å². The molecule has 6 nitrogen and oxygen atoms in total. The van der Waals surface area contributed by atoms with Crippen LogP contribution in [-0.2, 0) is 4.79 Å². The smallest absolute Gasteiger partial charge is 0.234 e. The van der Waals surface area contributed by atoms with E-state index in [0.29, 0.717) is 19.6 Å². The van der Waals surface area contributed by atoms with E-state index in [9.17, 15) is 9.90 Å². The fourth-order valence-electron chi connectivity index (χ4n) is 5.49. The highest BCUT2D eigenvalue weighted by Gasteiger charge is 2.36.